The van der Waals surface area contributed by atoms with Crippen molar-refractivity contribution < 1.29 is 9.13 Å². The second-order valence-corrected chi connectivity index (χ2v) is 5.68. The highest BCUT2D eigenvalue weighted by Crippen LogP contribution is 2.19. The van der Waals surface area contributed by atoms with Crippen molar-refractivity contribution in [1.82, 2.24) is 10.6 Å². The van der Waals surface area contributed by atoms with Crippen LogP contribution in [0.2, 0.25) is 0 Å². The molecule has 24 heavy (non-hydrogen) atoms. The van der Waals surface area contributed by atoms with Crippen LogP contribution in [0, 0.1) is 19.7 Å². The molecule has 0 spiro atoms. The molecule has 0 amide bonds. The number of nitrogens with zero attached hydrogens (tertiary/aromatic N) is 1. The van der Waals surface area contributed by atoms with E-state index in [1.807, 2.05) is 31.2 Å². The molecule has 0 unspecified atom stereocenters. The highest BCUT2D eigenvalue weighted by Gasteiger charge is 2.05. The zero-order chi connectivity index (χ0) is 17.5. The summed E-state index contributed by atoms with van der Waals surface area (Å²) >= 11 is 0. The average Bonchev–Trinajstić information content (AvgIpc) is 2.58. The van der Waals surface area contributed by atoms with Crippen LogP contribution < -0.4 is 15.4 Å². The molecule has 0 aliphatic rings. The van der Waals surface area contributed by atoms with Crippen LogP contribution in [0.15, 0.2) is 41.4 Å². The first-order chi connectivity index (χ1) is 11.5. The minimum absolute atomic E-state index is 0.193. The molecule has 0 aliphatic heterocycles. The van der Waals surface area contributed by atoms with Crippen molar-refractivity contribution >= 4 is 5.96 Å². The van der Waals surface area contributed by atoms with E-state index >= 15 is 0 Å². The monoisotopic (exact) mass is 329 g/mol. The van der Waals surface area contributed by atoms with Crippen molar-refractivity contribution in [1.29, 1.82) is 0 Å². The van der Waals surface area contributed by atoms with E-state index in [0.717, 1.165) is 22.4 Å². The van der Waals surface area contributed by atoms with Gasteiger partial charge in [0.05, 0.1) is 7.11 Å². The Morgan fingerprint density at radius 1 is 1.08 bits per heavy atom. The van der Waals surface area contributed by atoms with Crippen LogP contribution in [-0.2, 0) is 13.1 Å². The molecule has 2 aromatic carbocycles. The van der Waals surface area contributed by atoms with Gasteiger partial charge in [0.1, 0.15) is 11.6 Å². The number of nitrogens with one attached hydrogen (secondary N) is 2. The molecule has 0 radical (unpaired) electrons. The number of hydrogen-bond donors (Lipinski definition) is 2. The van der Waals surface area contributed by atoms with E-state index in [4.69, 9.17) is 4.74 Å². The molecule has 0 aromatic heterocycles. The molecule has 0 aliphatic carbocycles. The molecule has 4 nitrogen and oxygen atoms in total. The van der Waals surface area contributed by atoms with Gasteiger partial charge in [0, 0.05) is 25.7 Å². The summed E-state index contributed by atoms with van der Waals surface area (Å²) in [4.78, 5) is 4.19. The third-order valence-electron chi connectivity index (χ3n) is 3.81. The van der Waals surface area contributed by atoms with E-state index in [1.54, 1.807) is 33.2 Å². The Balaban J connectivity index is 1.94. The molecule has 2 N–H and O–H groups in total. The highest BCUT2D eigenvalue weighted by atomic mass is 19.1. The number of guanidine groups is 1. The zero-order valence-electron chi connectivity index (χ0n) is 14.6. The van der Waals surface area contributed by atoms with Gasteiger partial charge in [0.15, 0.2) is 5.96 Å². The Hall–Kier alpha value is -2.56. The van der Waals surface area contributed by atoms with Gasteiger partial charge < -0.3 is 15.4 Å². The molecular weight excluding hydrogens is 305 g/mol. The maximum atomic E-state index is 13.6. The molecule has 128 valence electrons. The van der Waals surface area contributed by atoms with Gasteiger partial charge in [0.2, 0.25) is 0 Å². The number of halogens is 1. The quantitative estimate of drug-likeness (QED) is 0.653. The fourth-order valence-electron chi connectivity index (χ4n) is 2.33. The highest BCUT2D eigenvalue weighted by molar-refractivity contribution is 5.79. The molecule has 0 saturated heterocycles. The maximum Gasteiger partial charge on any atom is 0.191 e. The average molecular weight is 329 g/mol. The van der Waals surface area contributed by atoms with Crippen molar-refractivity contribution in [2.24, 2.45) is 4.99 Å². The summed E-state index contributed by atoms with van der Waals surface area (Å²) < 4.78 is 19.0. The predicted molar refractivity (Wildman–Crippen MR) is 95.9 cm³/mol. The van der Waals surface area contributed by atoms with Crippen molar-refractivity contribution in [3.8, 4) is 5.75 Å². The van der Waals surface area contributed by atoms with Crippen LogP contribution >= 0.6 is 0 Å². The Kier molecular flexibility index (Phi) is 6.18. The third kappa shape index (κ3) is 4.72. The number of aliphatic imine (C=N–C) groups is 1. The summed E-state index contributed by atoms with van der Waals surface area (Å²) in [5.41, 5.74) is 3.72. The first kappa shape index (κ1) is 17.8. The summed E-state index contributed by atoms with van der Waals surface area (Å²) in [6.45, 7) is 4.87. The summed E-state index contributed by atoms with van der Waals surface area (Å²) in [5.74, 6) is 1.30. The number of hydrogen-bond acceptors (Lipinski definition) is 2. The minimum Gasteiger partial charge on any atom is -0.496 e. The van der Waals surface area contributed by atoms with Crippen molar-refractivity contribution in [3.05, 3.63) is 64.5 Å². The number of methoxy groups -OCH3 is 1. The Bertz CT molecular complexity index is 729. The molecule has 2 aromatic rings. The smallest absolute Gasteiger partial charge is 0.191 e. The summed E-state index contributed by atoms with van der Waals surface area (Å²) in [5, 5.41) is 6.42. The molecule has 0 bridgehead atoms. The van der Waals surface area contributed by atoms with Crippen LogP contribution in [0.25, 0.3) is 0 Å². The summed E-state index contributed by atoms with van der Waals surface area (Å²) in [7, 11) is 3.37. The predicted octanol–water partition coefficient (Wildman–Crippen LogP) is 3.32. The fourth-order valence-corrected chi connectivity index (χ4v) is 2.33. The molecule has 2 rings (SSSR count). The first-order valence-electron chi connectivity index (χ1n) is 7.86. The fraction of sp³-hybridized carbons (Fsp3) is 0.316. The molecule has 0 heterocycles. The van der Waals surface area contributed by atoms with Crippen LogP contribution in [0.4, 0.5) is 4.39 Å². The van der Waals surface area contributed by atoms with E-state index in [-0.39, 0.29) is 5.82 Å². The third-order valence-corrected chi connectivity index (χ3v) is 3.81. The van der Waals surface area contributed by atoms with Crippen molar-refractivity contribution in [3.63, 3.8) is 0 Å². The van der Waals surface area contributed by atoms with Crippen LogP contribution in [0.1, 0.15) is 22.3 Å². The normalized spacial score (nSPS) is 11.3. The summed E-state index contributed by atoms with van der Waals surface area (Å²) in [6.07, 6.45) is 0. The van der Waals surface area contributed by atoms with E-state index in [0.29, 0.717) is 24.6 Å². The van der Waals surface area contributed by atoms with Gasteiger partial charge in [-0.2, -0.15) is 0 Å². The second-order valence-electron chi connectivity index (χ2n) is 5.68. The van der Waals surface area contributed by atoms with Gasteiger partial charge >= 0.3 is 0 Å². The lowest BCUT2D eigenvalue weighted by Gasteiger charge is -2.14. The SMILES string of the molecule is CN=C(NCc1ccc(C)c(F)c1)NCc1ccc(C)cc1OC. The Morgan fingerprint density at radius 2 is 1.83 bits per heavy atom. The largest absolute Gasteiger partial charge is 0.496 e. The standard InChI is InChI=1S/C19H24FN3O/c1-13-5-8-16(18(9-13)24-4)12-23-19(21-3)22-11-15-7-6-14(2)17(20)10-15/h5-10H,11-12H2,1-4H3,(H2,21,22,23). The lowest BCUT2D eigenvalue weighted by molar-refractivity contribution is 0.408. The number of rotatable bonds is 5. The van der Waals surface area contributed by atoms with Gasteiger partial charge in [0.25, 0.3) is 0 Å². The minimum atomic E-state index is -0.193. The van der Waals surface area contributed by atoms with Gasteiger partial charge in [-0.05, 0) is 42.7 Å². The van der Waals surface area contributed by atoms with Gasteiger partial charge in [-0.3, -0.25) is 4.99 Å². The van der Waals surface area contributed by atoms with E-state index < -0.39 is 0 Å². The lowest BCUT2D eigenvalue weighted by atomic mass is 10.1. The molecule has 0 atom stereocenters. The summed E-state index contributed by atoms with van der Waals surface area (Å²) in [6, 6.07) is 11.3. The van der Waals surface area contributed by atoms with Crippen LogP contribution in [0.3, 0.4) is 0 Å². The van der Waals surface area contributed by atoms with Gasteiger partial charge in [-0.1, -0.05) is 24.3 Å². The van der Waals surface area contributed by atoms with E-state index in [1.165, 1.54) is 0 Å². The molecule has 0 saturated carbocycles. The van der Waals surface area contributed by atoms with Crippen molar-refractivity contribution in [2.75, 3.05) is 14.2 Å². The van der Waals surface area contributed by atoms with Crippen molar-refractivity contribution in [2.45, 2.75) is 26.9 Å². The van der Waals surface area contributed by atoms with Crippen LogP contribution in [-0.4, -0.2) is 20.1 Å². The van der Waals surface area contributed by atoms with Gasteiger partial charge in [-0.25, -0.2) is 4.39 Å². The maximum absolute atomic E-state index is 13.6. The number of ether oxygens (including phenoxy) is 1. The van der Waals surface area contributed by atoms with Crippen LogP contribution in [0.5, 0.6) is 5.75 Å². The van der Waals surface area contributed by atoms with E-state index in [9.17, 15) is 4.39 Å². The Morgan fingerprint density at radius 3 is 2.50 bits per heavy atom. The second kappa shape index (κ2) is 8.34. The topological polar surface area (TPSA) is 45.7 Å². The molecule has 5 heteroatoms. The zero-order valence-corrected chi connectivity index (χ0v) is 14.6. The number of benzene rings is 2. The number of aryl methyl sites for hydroxylation is 2. The lowest BCUT2D eigenvalue weighted by Crippen LogP contribution is -2.36. The van der Waals surface area contributed by atoms with E-state index in [2.05, 4.69) is 15.6 Å². The molecular formula is C19H24FN3O. The Labute approximate surface area is 142 Å². The van der Waals surface area contributed by atoms with Gasteiger partial charge in [-0.15, -0.1) is 0 Å². The first-order valence-corrected chi connectivity index (χ1v) is 7.86. The molecule has 0 fully saturated rings.